The largest absolute Gasteiger partial charge is 0.398 e. The molecule has 0 aromatic heterocycles. The Labute approximate surface area is 84.3 Å². The van der Waals surface area contributed by atoms with E-state index in [9.17, 15) is 0 Å². The van der Waals surface area contributed by atoms with E-state index < -0.39 is 0 Å². The van der Waals surface area contributed by atoms with Crippen molar-refractivity contribution in [3.8, 4) is 0 Å². The van der Waals surface area contributed by atoms with Crippen LogP contribution in [0.4, 0.5) is 5.69 Å². The summed E-state index contributed by atoms with van der Waals surface area (Å²) in [6, 6.07) is 7.95. The number of nitrogens with two attached hydrogens (primary N) is 1. The fourth-order valence-corrected chi connectivity index (χ4v) is 1.54. The lowest BCUT2D eigenvalue weighted by Crippen LogP contribution is -1.91. The molecule has 0 saturated carbocycles. The zero-order chi connectivity index (χ0) is 9.80. The summed E-state index contributed by atoms with van der Waals surface area (Å²) in [7, 11) is 0. The molecule has 1 aromatic rings. The van der Waals surface area contributed by atoms with Gasteiger partial charge < -0.3 is 5.73 Å². The molecule has 0 aliphatic heterocycles. The fourth-order valence-electron chi connectivity index (χ4n) is 1.54. The Kier molecular flexibility index (Phi) is 2.50. The van der Waals surface area contributed by atoms with Gasteiger partial charge in [-0.15, -0.1) is 0 Å². The summed E-state index contributed by atoms with van der Waals surface area (Å²) in [6.45, 7) is 0. The summed E-state index contributed by atoms with van der Waals surface area (Å²) in [6.07, 6.45) is 11.5. The molecule has 1 heteroatoms. The minimum absolute atomic E-state index is 0.838. The number of allylic oxidation sites excluding steroid dienone is 6. The summed E-state index contributed by atoms with van der Waals surface area (Å²) in [5.74, 6) is 0. The Morgan fingerprint density at radius 1 is 1.07 bits per heavy atom. The van der Waals surface area contributed by atoms with Crippen molar-refractivity contribution in [1.82, 2.24) is 0 Å². The lowest BCUT2D eigenvalue weighted by atomic mass is 10.0. The van der Waals surface area contributed by atoms with Crippen molar-refractivity contribution < 1.29 is 0 Å². The van der Waals surface area contributed by atoms with Gasteiger partial charge in [-0.25, -0.2) is 0 Å². The third-order valence-electron chi connectivity index (χ3n) is 2.27. The molecule has 1 nitrogen and oxygen atoms in total. The Balaban J connectivity index is 2.40. The van der Waals surface area contributed by atoms with Gasteiger partial charge in [0.1, 0.15) is 0 Å². The topological polar surface area (TPSA) is 26.0 Å². The second-order valence-electron chi connectivity index (χ2n) is 3.27. The normalized spacial score (nSPS) is 15.0. The minimum atomic E-state index is 0.838. The maximum absolute atomic E-state index is 5.91. The smallest absolute Gasteiger partial charge is 0.0393 e. The van der Waals surface area contributed by atoms with Crippen LogP contribution in [0.25, 0.3) is 5.57 Å². The molecule has 0 heterocycles. The molecule has 0 amide bonds. The molecule has 0 radical (unpaired) electrons. The molecule has 0 bridgehead atoms. The highest BCUT2D eigenvalue weighted by Crippen LogP contribution is 2.23. The fraction of sp³-hybridized carbons (Fsp3) is 0.0769. The van der Waals surface area contributed by atoms with Crippen LogP contribution in [0.15, 0.2) is 54.6 Å². The first-order valence-corrected chi connectivity index (χ1v) is 4.76. The zero-order valence-electron chi connectivity index (χ0n) is 7.98. The van der Waals surface area contributed by atoms with Crippen molar-refractivity contribution in [2.75, 3.05) is 5.73 Å². The monoisotopic (exact) mass is 183 g/mol. The molecule has 1 aliphatic rings. The number of rotatable bonds is 1. The SMILES string of the molecule is Nc1ccccc1C1=CCC=CC=C1. The van der Waals surface area contributed by atoms with Gasteiger partial charge in [0.2, 0.25) is 0 Å². The van der Waals surface area contributed by atoms with Gasteiger partial charge in [-0.3, -0.25) is 0 Å². The third-order valence-corrected chi connectivity index (χ3v) is 2.27. The lowest BCUT2D eigenvalue weighted by Gasteiger charge is -2.05. The molecule has 2 rings (SSSR count). The van der Waals surface area contributed by atoms with Gasteiger partial charge in [-0.05, 0) is 18.1 Å². The molecule has 0 fully saturated rings. The molecule has 14 heavy (non-hydrogen) atoms. The lowest BCUT2D eigenvalue weighted by molar-refractivity contribution is 1.40. The molecule has 0 atom stereocenters. The second kappa shape index (κ2) is 3.97. The van der Waals surface area contributed by atoms with E-state index in [1.165, 1.54) is 5.57 Å². The van der Waals surface area contributed by atoms with Crippen molar-refractivity contribution in [2.45, 2.75) is 6.42 Å². The van der Waals surface area contributed by atoms with Crippen LogP contribution in [0.3, 0.4) is 0 Å². The van der Waals surface area contributed by atoms with Crippen LogP contribution in [0.1, 0.15) is 12.0 Å². The van der Waals surface area contributed by atoms with Crippen molar-refractivity contribution in [3.05, 3.63) is 60.2 Å². The second-order valence-corrected chi connectivity index (χ2v) is 3.27. The maximum atomic E-state index is 5.91. The molecule has 0 spiro atoms. The average molecular weight is 183 g/mol. The minimum Gasteiger partial charge on any atom is -0.398 e. The zero-order valence-corrected chi connectivity index (χ0v) is 7.98. The van der Waals surface area contributed by atoms with Crippen molar-refractivity contribution in [3.63, 3.8) is 0 Å². The van der Waals surface area contributed by atoms with E-state index in [1.54, 1.807) is 0 Å². The van der Waals surface area contributed by atoms with Crippen molar-refractivity contribution in [1.29, 1.82) is 0 Å². The van der Waals surface area contributed by atoms with Crippen molar-refractivity contribution >= 4 is 11.3 Å². The Morgan fingerprint density at radius 2 is 1.93 bits per heavy atom. The first-order chi connectivity index (χ1) is 6.88. The number of hydrogen-bond donors (Lipinski definition) is 1. The number of para-hydroxylation sites is 1. The first kappa shape index (κ1) is 8.82. The van der Waals surface area contributed by atoms with E-state index in [-0.39, 0.29) is 0 Å². The number of benzene rings is 1. The Hall–Kier alpha value is -1.76. The van der Waals surface area contributed by atoms with E-state index in [4.69, 9.17) is 5.73 Å². The molecule has 1 aliphatic carbocycles. The molecule has 0 unspecified atom stereocenters. The summed E-state index contributed by atoms with van der Waals surface area (Å²) in [5, 5.41) is 0. The van der Waals surface area contributed by atoms with Crippen LogP contribution in [-0.4, -0.2) is 0 Å². The number of anilines is 1. The first-order valence-electron chi connectivity index (χ1n) is 4.76. The van der Waals surface area contributed by atoms with Crippen LogP contribution in [0.2, 0.25) is 0 Å². The predicted octanol–water partition coefficient (Wildman–Crippen LogP) is 3.17. The van der Waals surface area contributed by atoms with E-state index in [0.29, 0.717) is 0 Å². The van der Waals surface area contributed by atoms with E-state index in [1.807, 2.05) is 24.3 Å². The van der Waals surface area contributed by atoms with Crippen LogP contribution < -0.4 is 5.73 Å². The Bertz CT molecular complexity index is 411. The highest BCUT2D eigenvalue weighted by molar-refractivity contribution is 5.81. The van der Waals surface area contributed by atoms with E-state index in [2.05, 4.69) is 30.4 Å². The molecule has 70 valence electrons. The highest BCUT2D eigenvalue weighted by Gasteiger charge is 2.01. The standard InChI is InChI=1S/C13H13N/c14-13-10-6-5-9-12(13)11-7-3-1-2-4-8-11/h1-3,5-10H,4,14H2. The van der Waals surface area contributed by atoms with Gasteiger partial charge >= 0.3 is 0 Å². The molecular formula is C13H13N. The van der Waals surface area contributed by atoms with Crippen LogP contribution in [0, 0.1) is 0 Å². The number of nitrogen functional groups attached to an aromatic ring is 1. The van der Waals surface area contributed by atoms with E-state index >= 15 is 0 Å². The maximum Gasteiger partial charge on any atom is 0.0393 e. The van der Waals surface area contributed by atoms with Crippen LogP contribution in [0.5, 0.6) is 0 Å². The number of hydrogen-bond acceptors (Lipinski definition) is 1. The highest BCUT2D eigenvalue weighted by atomic mass is 14.6. The van der Waals surface area contributed by atoms with Crippen LogP contribution >= 0.6 is 0 Å². The molecule has 2 N–H and O–H groups in total. The predicted molar refractivity (Wildman–Crippen MR) is 61.7 cm³/mol. The third kappa shape index (κ3) is 1.77. The summed E-state index contributed by atoms with van der Waals surface area (Å²) in [4.78, 5) is 0. The van der Waals surface area contributed by atoms with Gasteiger partial charge in [-0.1, -0.05) is 48.6 Å². The van der Waals surface area contributed by atoms with Gasteiger partial charge in [0, 0.05) is 11.3 Å². The van der Waals surface area contributed by atoms with Gasteiger partial charge in [0.15, 0.2) is 0 Å². The summed E-state index contributed by atoms with van der Waals surface area (Å²) >= 11 is 0. The quantitative estimate of drug-likeness (QED) is 0.665. The van der Waals surface area contributed by atoms with E-state index in [0.717, 1.165) is 17.7 Å². The van der Waals surface area contributed by atoms with Crippen molar-refractivity contribution in [2.24, 2.45) is 0 Å². The molecular weight excluding hydrogens is 170 g/mol. The summed E-state index contributed by atoms with van der Waals surface area (Å²) < 4.78 is 0. The average Bonchev–Trinajstić information content (AvgIpc) is 2.47. The van der Waals surface area contributed by atoms with Gasteiger partial charge in [0.25, 0.3) is 0 Å². The van der Waals surface area contributed by atoms with Gasteiger partial charge in [-0.2, -0.15) is 0 Å². The Morgan fingerprint density at radius 3 is 2.79 bits per heavy atom. The summed E-state index contributed by atoms with van der Waals surface area (Å²) in [5.41, 5.74) is 9.07. The van der Waals surface area contributed by atoms with Gasteiger partial charge in [0.05, 0.1) is 0 Å². The molecule has 0 saturated heterocycles. The van der Waals surface area contributed by atoms with Crippen LogP contribution in [-0.2, 0) is 0 Å². The molecule has 1 aromatic carbocycles.